The van der Waals surface area contributed by atoms with Crippen LogP contribution in [0.1, 0.15) is 11.7 Å². The first-order valence-corrected chi connectivity index (χ1v) is 7.78. The smallest absolute Gasteiger partial charge is 0.184 e. The lowest BCUT2D eigenvalue weighted by Gasteiger charge is -2.13. The van der Waals surface area contributed by atoms with E-state index in [0.717, 1.165) is 0 Å². The second-order valence-corrected chi connectivity index (χ2v) is 6.36. The first kappa shape index (κ1) is 14.6. The Balaban J connectivity index is 2.28. The first-order valence-electron chi connectivity index (χ1n) is 6.13. The van der Waals surface area contributed by atoms with E-state index in [1.54, 1.807) is 42.5 Å². The Kier molecular flexibility index (Phi) is 4.42. The van der Waals surface area contributed by atoms with Gasteiger partial charge < -0.3 is 9.84 Å². The summed E-state index contributed by atoms with van der Waals surface area (Å²) in [6, 6.07) is 15.1. The van der Waals surface area contributed by atoms with Gasteiger partial charge in [-0.3, -0.25) is 0 Å². The maximum atomic E-state index is 12.4. The van der Waals surface area contributed by atoms with Crippen LogP contribution < -0.4 is 4.74 Å². The minimum absolute atomic E-state index is 0.0949. The molecule has 2 aromatic carbocycles. The molecule has 0 heterocycles. The lowest BCUT2D eigenvalue weighted by atomic mass is 10.1. The van der Waals surface area contributed by atoms with E-state index in [4.69, 9.17) is 4.74 Å². The van der Waals surface area contributed by atoms with Gasteiger partial charge in [-0.2, -0.15) is 0 Å². The van der Waals surface area contributed by atoms with Gasteiger partial charge in [0, 0.05) is 0 Å². The Bertz CT molecular complexity index is 665. The highest BCUT2D eigenvalue weighted by atomic mass is 32.2. The van der Waals surface area contributed by atoms with Crippen molar-refractivity contribution in [1.82, 2.24) is 0 Å². The summed E-state index contributed by atoms with van der Waals surface area (Å²) in [5, 5.41) is 10.1. The van der Waals surface area contributed by atoms with E-state index >= 15 is 0 Å². The number of hydrogen-bond donors (Lipinski definition) is 1. The molecule has 0 radical (unpaired) electrons. The molecule has 0 saturated carbocycles. The average Bonchev–Trinajstić information content (AvgIpc) is 2.47. The van der Waals surface area contributed by atoms with Crippen molar-refractivity contribution in [1.29, 1.82) is 0 Å². The Hall–Kier alpha value is -1.85. The standard InChI is InChI=1S/C15H16O4S/c1-19-14-9-5-6-10-15(14)20(17,18)11-13(16)12-7-3-2-4-8-12/h2-10,13,16H,11H2,1H3. The third-order valence-corrected chi connectivity index (χ3v) is 4.73. The van der Waals surface area contributed by atoms with E-state index in [2.05, 4.69) is 0 Å². The summed E-state index contributed by atoms with van der Waals surface area (Å²) in [6.45, 7) is 0. The van der Waals surface area contributed by atoms with Gasteiger partial charge in [-0.15, -0.1) is 0 Å². The summed E-state index contributed by atoms with van der Waals surface area (Å²) < 4.78 is 29.8. The Morgan fingerprint density at radius 1 is 1.05 bits per heavy atom. The van der Waals surface area contributed by atoms with Crippen molar-refractivity contribution in [2.75, 3.05) is 12.9 Å². The van der Waals surface area contributed by atoms with Gasteiger partial charge in [0.1, 0.15) is 10.6 Å². The van der Waals surface area contributed by atoms with Crippen molar-refractivity contribution in [2.24, 2.45) is 0 Å². The quantitative estimate of drug-likeness (QED) is 0.917. The van der Waals surface area contributed by atoms with E-state index in [9.17, 15) is 13.5 Å². The molecule has 106 valence electrons. The molecule has 4 nitrogen and oxygen atoms in total. The fourth-order valence-electron chi connectivity index (χ4n) is 1.94. The number of para-hydroxylation sites is 1. The number of aliphatic hydroxyl groups is 1. The van der Waals surface area contributed by atoms with Crippen LogP contribution in [0.3, 0.4) is 0 Å². The van der Waals surface area contributed by atoms with Gasteiger partial charge in [0.25, 0.3) is 0 Å². The molecule has 5 heteroatoms. The van der Waals surface area contributed by atoms with E-state index in [1.165, 1.54) is 13.2 Å². The predicted molar refractivity (Wildman–Crippen MR) is 76.4 cm³/mol. The molecule has 0 aliphatic heterocycles. The molecule has 0 amide bonds. The zero-order valence-corrected chi connectivity index (χ0v) is 11.9. The van der Waals surface area contributed by atoms with Crippen LogP contribution >= 0.6 is 0 Å². The van der Waals surface area contributed by atoms with Crippen LogP contribution in [-0.2, 0) is 9.84 Å². The number of hydrogen-bond acceptors (Lipinski definition) is 4. The van der Waals surface area contributed by atoms with Crippen LogP contribution in [0.15, 0.2) is 59.5 Å². The predicted octanol–water partition coefficient (Wildman–Crippen LogP) is 2.20. The molecule has 0 bridgehead atoms. The number of methoxy groups -OCH3 is 1. The molecular formula is C15H16O4S. The molecule has 0 saturated heterocycles. The fraction of sp³-hybridized carbons (Fsp3) is 0.200. The van der Waals surface area contributed by atoms with Gasteiger partial charge in [0.15, 0.2) is 9.84 Å². The minimum atomic E-state index is -3.63. The van der Waals surface area contributed by atoms with Crippen molar-refractivity contribution in [3.05, 3.63) is 60.2 Å². The Morgan fingerprint density at radius 2 is 1.65 bits per heavy atom. The Labute approximate surface area is 118 Å². The highest BCUT2D eigenvalue weighted by molar-refractivity contribution is 7.91. The molecule has 0 aromatic heterocycles. The summed E-state index contributed by atoms with van der Waals surface area (Å²) in [5.74, 6) is -0.0926. The first-order chi connectivity index (χ1) is 9.54. The van der Waals surface area contributed by atoms with Crippen LogP contribution in [0.25, 0.3) is 0 Å². The van der Waals surface area contributed by atoms with Crippen molar-refractivity contribution in [2.45, 2.75) is 11.0 Å². The summed E-state index contributed by atoms with van der Waals surface area (Å²) in [7, 11) is -2.21. The average molecular weight is 292 g/mol. The molecule has 2 aromatic rings. The minimum Gasteiger partial charge on any atom is -0.495 e. The van der Waals surface area contributed by atoms with Crippen molar-refractivity contribution in [3.8, 4) is 5.75 Å². The van der Waals surface area contributed by atoms with Crippen LogP contribution in [0.5, 0.6) is 5.75 Å². The summed E-state index contributed by atoms with van der Waals surface area (Å²) in [6.07, 6.45) is -1.06. The van der Waals surface area contributed by atoms with Crippen molar-refractivity contribution >= 4 is 9.84 Å². The van der Waals surface area contributed by atoms with Crippen LogP contribution in [0, 0.1) is 0 Å². The normalized spacial score (nSPS) is 12.9. The number of benzene rings is 2. The molecule has 2 rings (SSSR count). The monoisotopic (exact) mass is 292 g/mol. The molecule has 1 unspecified atom stereocenters. The van der Waals surface area contributed by atoms with Crippen molar-refractivity contribution in [3.63, 3.8) is 0 Å². The van der Waals surface area contributed by atoms with E-state index < -0.39 is 15.9 Å². The summed E-state index contributed by atoms with van der Waals surface area (Å²) >= 11 is 0. The number of aliphatic hydroxyl groups excluding tert-OH is 1. The maximum absolute atomic E-state index is 12.4. The number of sulfone groups is 1. The topological polar surface area (TPSA) is 63.6 Å². The highest BCUT2D eigenvalue weighted by Crippen LogP contribution is 2.26. The number of rotatable bonds is 5. The van der Waals surface area contributed by atoms with Gasteiger partial charge in [-0.1, -0.05) is 42.5 Å². The molecule has 1 N–H and O–H groups in total. The third-order valence-electron chi connectivity index (χ3n) is 2.97. The van der Waals surface area contributed by atoms with Gasteiger partial charge in [-0.05, 0) is 17.7 Å². The molecular weight excluding hydrogens is 276 g/mol. The van der Waals surface area contributed by atoms with E-state index in [1.807, 2.05) is 6.07 Å². The molecule has 0 spiro atoms. The van der Waals surface area contributed by atoms with Crippen LogP contribution in [-0.4, -0.2) is 26.4 Å². The summed E-state index contributed by atoms with van der Waals surface area (Å²) in [4.78, 5) is 0.0949. The molecule has 20 heavy (non-hydrogen) atoms. The molecule has 1 atom stereocenters. The zero-order valence-electron chi connectivity index (χ0n) is 11.1. The lowest BCUT2D eigenvalue weighted by molar-refractivity contribution is 0.201. The van der Waals surface area contributed by atoms with E-state index in [-0.39, 0.29) is 16.4 Å². The Morgan fingerprint density at radius 3 is 2.30 bits per heavy atom. The molecule has 0 aliphatic carbocycles. The lowest BCUT2D eigenvalue weighted by Crippen LogP contribution is -2.15. The third kappa shape index (κ3) is 3.18. The van der Waals surface area contributed by atoms with Crippen LogP contribution in [0.2, 0.25) is 0 Å². The molecule has 0 aliphatic rings. The fourth-order valence-corrected chi connectivity index (χ4v) is 3.48. The van der Waals surface area contributed by atoms with Gasteiger partial charge in [0.05, 0.1) is 19.0 Å². The summed E-state index contributed by atoms with van der Waals surface area (Å²) in [5.41, 5.74) is 0.575. The van der Waals surface area contributed by atoms with E-state index in [0.29, 0.717) is 5.56 Å². The maximum Gasteiger partial charge on any atom is 0.184 e. The SMILES string of the molecule is COc1ccccc1S(=O)(=O)CC(O)c1ccccc1. The number of ether oxygens (including phenoxy) is 1. The highest BCUT2D eigenvalue weighted by Gasteiger charge is 2.23. The zero-order chi connectivity index (χ0) is 14.6. The largest absolute Gasteiger partial charge is 0.495 e. The van der Waals surface area contributed by atoms with Gasteiger partial charge in [0.2, 0.25) is 0 Å². The van der Waals surface area contributed by atoms with Crippen molar-refractivity contribution < 1.29 is 18.3 Å². The second-order valence-electron chi connectivity index (χ2n) is 4.36. The van der Waals surface area contributed by atoms with Gasteiger partial charge >= 0.3 is 0 Å². The van der Waals surface area contributed by atoms with Gasteiger partial charge in [-0.25, -0.2) is 8.42 Å². The molecule has 0 fully saturated rings. The second kappa shape index (κ2) is 6.07. The van der Waals surface area contributed by atoms with Crippen LogP contribution in [0.4, 0.5) is 0 Å².